The lowest BCUT2D eigenvalue weighted by atomic mass is 10.1. The van der Waals surface area contributed by atoms with Crippen LogP contribution in [-0.2, 0) is 9.84 Å². The lowest BCUT2D eigenvalue weighted by molar-refractivity contribution is 0.0189. The highest BCUT2D eigenvalue weighted by molar-refractivity contribution is 7.90. The average molecular weight is 295 g/mol. The second-order valence-corrected chi connectivity index (χ2v) is 7.68. The third-order valence-corrected chi connectivity index (χ3v) is 5.34. The summed E-state index contributed by atoms with van der Waals surface area (Å²) >= 11 is 0. The second-order valence-electron chi connectivity index (χ2n) is 5.67. The predicted octanol–water partition coefficient (Wildman–Crippen LogP) is 0.502. The highest BCUT2D eigenvalue weighted by Gasteiger charge is 2.31. The van der Waals surface area contributed by atoms with Crippen LogP contribution < -0.4 is 5.32 Å². The fraction of sp³-hybridized carbons (Fsp3) is 0.571. The van der Waals surface area contributed by atoms with Crippen molar-refractivity contribution in [2.75, 3.05) is 50.8 Å². The van der Waals surface area contributed by atoms with Crippen molar-refractivity contribution in [3.05, 3.63) is 24.3 Å². The molecule has 6 heteroatoms. The number of hydrogen-bond donors (Lipinski definition) is 1. The summed E-state index contributed by atoms with van der Waals surface area (Å²) in [5.41, 5.74) is 0.982. The molecule has 0 spiro atoms. The molecule has 3 heterocycles. The van der Waals surface area contributed by atoms with E-state index in [0.717, 1.165) is 18.8 Å². The van der Waals surface area contributed by atoms with E-state index in [1.54, 1.807) is 12.1 Å². The Hall–Kier alpha value is -1.11. The smallest absolute Gasteiger partial charge is 0.175 e. The first-order chi connectivity index (χ1) is 9.52. The van der Waals surface area contributed by atoms with Gasteiger partial charge in [0.15, 0.2) is 9.84 Å². The number of hydrogen-bond acceptors (Lipinski definition) is 5. The van der Waals surface area contributed by atoms with Gasteiger partial charge in [-0.25, -0.2) is 8.42 Å². The first kappa shape index (κ1) is 13.9. The molecule has 2 bridgehead atoms. The van der Waals surface area contributed by atoms with Crippen LogP contribution in [0.5, 0.6) is 0 Å². The lowest BCUT2D eigenvalue weighted by Gasteiger charge is -2.47. The van der Waals surface area contributed by atoms with Crippen LogP contribution in [0.2, 0.25) is 0 Å². The van der Waals surface area contributed by atoms with Crippen LogP contribution in [0.15, 0.2) is 29.2 Å². The molecule has 20 heavy (non-hydrogen) atoms. The van der Waals surface area contributed by atoms with Crippen molar-refractivity contribution < 1.29 is 8.42 Å². The molecule has 110 valence electrons. The highest BCUT2D eigenvalue weighted by atomic mass is 32.2. The van der Waals surface area contributed by atoms with Gasteiger partial charge in [-0.3, -0.25) is 9.80 Å². The Morgan fingerprint density at radius 1 is 1.15 bits per heavy atom. The first-order valence-corrected chi connectivity index (χ1v) is 8.92. The summed E-state index contributed by atoms with van der Waals surface area (Å²) in [6.45, 7) is 6.76. The van der Waals surface area contributed by atoms with E-state index in [9.17, 15) is 8.42 Å². The molecular formula is C14H21N3O2S. The third kappa shape index (κ3) is 2.97. The number of anilines is 1. The predicted molar refractivity (Wildman–Crippen MR) is 79.8 cm³/mol. The normalized spacial score (nSPS) is 29.4. The minimum absolute atomic E-state index is 0.370. The largest absolute Gasteiger partial charge is 0.383 e. The van der Waals surface area contributed by atoms with Crippen LogP contribution in [0.1, 0.15) is 0 Å². The van der Waals surface area contributed by atoms with Gasteiger partial charge in [0.1, 0.15) is 0 Å². The summed E-state index contributed by atoms with van der Waals surface area (Å²) in [4.78, 5) is 5.42. The SMILES string of the molecule is CS(=O)(=O)c1ccc(NCC2CN3CCN2CC3)cc1. The van der Waals surface area contributed by atoms with Gasteiger partial charge < -0.3 is 5.32 Å². The maximum Gasteiger partial charge on any atom is 0.175 e. The van der Waals surface area contributed by atoms with Crippen molar-refractivity contribution in [3.63, 3.8) is 0 Å². The summed E-state index contributed by atoms with van der Waals surface area (Å²) in [5, 5.41) is 3.41. The van der Waals surface area contributed by atoms with E-state index in [1.807, 2.05) is 12.1 Å². The highest BCUT2D eigenvalue weighted by Crippen LogP contribution is 2.18. The molecule has 1 aromatic rings. The Bertz CT molecular complexity index is 563. The van der Waals surface area contributed by atoms with Gasteiger partial charge in [-0.15, -0.1) is 0 Å². The molecule has 0 amide bonds. The fourth-order valence-corrected chi connectivity index (χ4v) is 3.60. The maximum atomic E-state index is 11.4. The first-order valence-electron chi connectivity index (χ1n) is 7.03. The van der Waals surface area contributed by atoms with E-state index >= 15 is 0 Å². The number of benzene rings is 1. The van der Waals surface area contributed by atoms with E-state index < -0.39 is 9.84 Å². The molecule has 0 aliphatic carbocycles. The molecule has 1 aromatic carbocycles. The molecular weight excluding hydrogens is 274 g/mol. The molecule has 3 aliphatic heterocycles. The zero-order valence-corrected chi connectivity index (χ0v) is 12.6. The van der Waals surface area contributed by atoms with Crippen molar-refractivity contribution in [2.45, 2.75) is 10.9 Å². The van der Waals surface area contributed by atoms with E-state index in [1.165, 1.54) is 32.4 Å². The van der Waals surface area contributed by atoms with Crippen molar-refractivity contribution in [2.24, 2.45) is 0 Å². The Morgan fingerprint density at radius 3 is 2.30 bits per heavy atom. The van der Waals surface area contributed by atoms with Gasteiger partial charge in [0, 0.05) is 57.3 Å². The van der Waals surface area contributed by atoms with Gasteiger partial charge in [0.05, 0.1) is 4.90 Å². The second kappa shape index (κ2) is 5.35. The quantitative estimate of drug-likeness (QED) is 0.877. The van der Waals surface area contributed by atoms with E-state index in [2.05, 4.69) is 15.1 Å². The van der Waals surface area contributed by atoms with Crippen LogP contribution in [0.3, 0.4) is 0 Å². The van der Waals surface area contributed by atoms with Crippen molar-refractivity contribution >= 4 is 15.5 Å². The zero-order valence-electron chi connectivity index (χ0n) is 11.7. The topological polar surface area (TPSA) is 52.7 Å². The van der Waals surface area contributed by atoms with Gasteiger partial charge >= 0.3 is 0 Å². The molecule has 3 fully saturated rings. The molecule has 0 radical (unpaired) electrons. The summed E-state index contributed by atoms with van der Waals surface area (Å²) < 4.78 is 22.8. The molecule has 3 aliphatic rings. The van der Waals surface area contributed by atoms with Gasteiger partial charge in [-0.05, 0) is 24.3 Å². The Morgan fingerprint density at radius 2 is 1.80 bits per heavy atom. The van der Waals surface area contributed by atoms with Crippen LogP contribution in [-0.4, -0.2) is 69.8 Å². The number of nitrogens with zero attached hydrogens (tertiary/aromatic N) is 2. The Labute approximate surface area is 120 Å². The van der Waals surface area contributed by atoms with Crippen LogP contribution in [0, 0.1) is 0 Å². The molecule has 1 atom stereocenters. The monoisotopic (exact) mass is 295 g/mol. The van der Waals surface area contributed by atoms with E-state index in [-0.39, 0.29) is 0 Å². The van der Waals surface area contributed by atoms with Crippen molar-refractivity contribution in [1.82, 2.24) is 9.80 Å². The number of rotatable bonds is 4. The minimum atomic E-state index is -3.10. The lowest BCUT2D eigenvalue weighted by Crippen LogP contribution is -2.62. The standard InChI is InChI=1S/C14H21N3O2S/c1-20(18,19)14-4-2-12(3-5-14)15-10-13-11-16-6-8-17(13)9-7-16/h2-5,13,15H,6-11H2,1H3. The maximum absolute atomic E-state index is 11.4. The molecule has 5 nitrogen and oxygen atoms in total. The zero-order chi connectivity index (χ0) is 14.2. The van der Waals surface area contributed by atoms with E-state index in [4.69, 9.17) is 0 Å². The Kier molecular flexibility index (Phi) is 3.70. The molecule has 4 rings (SSSR count). The van der Waals surface area contributed by atoms with Crippen molar-refractivity contribution in [1.29, 1.82) is 0 Å². The molecule has 0 aromatic heterocycles. The number of piperazine rings is 3. The van der Waals surface area contributed by atoms with Gasteiger partial charge in [-0.2, -0.15) is 0 Å². The van der Waals surface area contributed by atoms with Crippen LogP contribution in [0.4, 0.5) is 5.69 Å². The molecule has 1 unspecified atom stereocenters. The van der Waals surface area contributed by atoms with Gasteiger partial charge in [-0.1, -0.05) is 0 Å². The van der Waals surface area contributed by atoms with Crippen LogP contribution in [0.25, 0.3) is 0 Å². The van der Waals surface area contributed by atoms with Crippen LogP contribution >= 0.6 is 0 Å². The van der Waals surface area contributed by atoms with Gasteiger partial charge in [0.25, 0.3) is 0 Å². The number of nitrogens with one attached hydrogen (secondary N) is 1. The summed E-state index contributed by atoms with van der Waals surface area (Å²) in [5.74, 6) is 0. The summed E-state index contributed by atoms with van der Waals surface area (Å²) in [6, 6.07) is 7.57. The number of fused-ring (bicyclic) bond motifs is 3. The molecule has 3 saturated heterocycles. The number of sulfone groups is 1. The molecule has 1 N–H and O–H groups in total. The summed E-state index contributed by atoms with van der Waals surface area (Å²) in [6.07, 6.45) is 1.23. The van der Waals surface area contributed by atoms with Gasteiger partial charge in [0.2, 0.25) is 0 Å². The minimum Gasteiger partial charge on any atom is -0.383 e. The summed E-state index contributed by atoms with van der Waals surface area (Å²) in [7, 11) is -3.10. The molecule has 0 saturated carbocycles. The Balaban J connectivity index is 1.59. The van der Waals surface area contributed by atoms with E-state index in [0.29, 0.717) is 10.9 Å². The fourth-order valence-electron chi connectivity index (χ4n) is 2.97. The third-order valence-electron chi connectivity index (χ3n) is 4.22. The van der Waals surface area contributed by atoms with Crippen molar-refractivity contribution in [3.8, 4) is 0 Å². The average Bonchev–Trinajstić information content (AvgIpc) is 2.46.